The molecule has 0 saturated carbocycles. The van der Waals surface area contributed by atoms with E-state index >= 15 is 0 Å². The maximum absolute atomic E-state index is 12.6. The van der Waals surface area contributed by atoms with E-state index < -0.39 is 5.54 Å². The Balaban J connectivity index is 2.35. The molecule has 6 nitrogen and oxygen atoms in total. The number of hydrogen-bond donors (Lipinski definition) is 2. The van der Waals surface area contributed by atoms with Crippen molar-refractivity contribution in [2.24, 2.45) is 0 Å². The van der Waals surface area contributed by atoms with Gasteiger partial charge in [-0.1, -0.05) is 0 Å². The Morgan fingerprint density at radius 1 is 1.53 bits per heavy atom. The zero-order valence-electron chi connectivity index (χ0n) is 11.4. The van der Waals surface area contributed by atoms with E-state index in [1.807, 2.05) is 0 Å². The van der Waals surface area contributed by atoms with Crippen LogP contribution >= 0.6 is 0 Å². The molecular formula is C13H18N4O2. The summed E-state index contributed by atoms with van der Waals surface area (Å²) >= 11 is 0. The smallest absolute Gasteiger partial charge is 0.258 e. The third-order valence-electron chi connectivity index (χ3n) is 3.37. The van der Waals surface area contributed by atoms with Crippen molar-refractivity contribution in [1.82, 2.24) is 15.2 Å². The van der Waals surface area contributed by atoms with Crippen molar-refractivity contribution in [1.29, 1.82) is 0 Å². The van der Waals surface area contributed by atoms with E-state index in [0.29, 0.717) is 24.5 Å². The van der Waals surface area contributed by atoms with E-state index in [-0.39, 0.29) is 11.8 Å². The Kier molecular flexibility index (Phi) is 3.42. The van der Waals surface area contributed by atoms with Crippen molar-refractivity contribution in [3.05, 3.63) is 23.9 Å². The van der Waals surface area contributed by atoms with Crippen LogP contribution in [-0.4, -0.2) is 47.4 Å². The summed E-state index contributed by atoms with van der Waals surface area (Å²) in [5.74, 6) is 0.202. The lowest BCUT2D eigenvalue weighted by Crippen LogP contribution is -2.63. The van der Waals surface area contributed by atoms with E-state index in [1.54, 1.807) is 44.1 Å². The molecule has 2 N–H and O–H groups in total. The second-order valence-corrected chi connectivity index (χ2v) is 4.92. The van der Waals surface area contributed by atoms with Gasteiger partial charge in [-0.3, -0.25) is 9.59 Å². The molecule has 2 rings (SSSR count). The molecule has 0 unspecified atom stereocenters. The van der Waals surface area contributed by atoms with E-state index in [1.165, 1.54) is 0 Å². The fourth-order valence-corrected chi connectivity index (χ4v) is 2.18. The monoisotopic (exact) mass is 262 g/mol. The zero-order chi connectivity index (χ0) is 14.0. The van der Waals surface area contributed by atoms with Crippen molar-refractivity contribution < 1.29 is 9.59 Å². The Labute approximate surface area is 112 Å². The number of pyridine rings is 1. The zero-order valence-corrected chi connectivity index (χ0v) is 11.4. The predicted octanol–water partition coefficient (Wildman–Crippen LogP) is 0.474. The van der Waals surface area contributed by atoms with Crippen LogP contribution in [0.15, 0.2) is 18.3 Å². The van der Waals surface area contributed by atoms with Crippen LogP contribution in [0.1, 0.15) is 24.2 Å². The van der Waals surface area contributed by atoms with Crippen LogP contribution in [-0.2, 0) is 4.79 Å². The lowest BCUT2D eigenvalue weighted by atomic mass is 9.97. The van der Waals surface area contributed by atoms with Crippen molar-refractivity contribution in [2.75, 3.05) is 25.5 Å². The third-order valence-corrected chi connectivity index (χ3v) is 3.37. The highest BCUT2D eigenvalue weighted by Gasteiger charge is 2.41. The van der Waals surface area contributed by atoms with Crippen molar-refractivity contribution in [3.63, 3.8) is 0 Å². The second-order valence-electron chi connectivity index (χ2n) is 4.92. The maximum atomic E-state index is 12.6. The first-order chi connectivity index (χ1) is 8.98. The Morgan fingerprint density at radius 2 is 2.26 bits per heavy atom. The van der Waals surface area contributed by atoms with Gasteiger partial charge >= 0.3 is 0 Å². The van der Waals surface area contributed by atoms with Gasteiger partial charge in [0.2, 0.25) is 5.91 Å². The minimum Gasteiger partial charge on any atom is -0.372 e. The summed E-state index contributed by atoms with van der Waals surface area (Å²) in [7, 11) is 1.72. The molecule has 1 aromatic rings. The number of amides is 2. The van der Waals surface area contributed by atoms with Gasteiger partial charge in [0.15, 0.2) is 0 Å². The van der Waals surface area contributed by atoms with Gasteiger partial charge in [0, 0.05) is 26.3 Å². The van der Waals surface area contributed by atoms with E-state index in [2.05, 4.69) is 15.6 Å². The van der Waals surface area contributed by atoms with Crippen LogP contribution in [0.25, 0.3) is 0 Å². The number of anilines is 1. The lowest BCUT2D eigenvalue weighted by molar-refractivity contribution is -0.133. The van der Waals surface area contributed by atoms with Gasteiger partial charge in [-0.05, 0) is 26.0 Å². The summed E-state index contributed by atoms with van der Waals surface area (Å²) in [4.78, 5) is 30.2. The minimum absolute atomic E-state index is 0.137. The number of hydrogen-bond acceptors (Lipinski definition) is 4. The highest BCUT2D eigenvalue weighted by molar-refractivity contribution is 6.02. The number of carbonyl (C=O) groups excluding carboxylic acids is 2. The van der Waals surface area contributed by atoms with Crippen molar-refractivity contribution in [3.8, 4) is 0 Å². The normalized spacial score (nSPS) is 17.8. The largest absolute Gasteiger partial charge is 0.372 e. The molecule has 1 aliphatic rings. The summed E-state index contributed by atoms with van der Waals surface area (Å²) in [6.07, 6.45) is 1.62. The molecule has 0 bridgehead atoms. The van der Waals surface area contributed by atoms with Crippen molar-refractivity contribution in [2.45, 2.75) is 19.4 Å². The third kappa shape index (κ3) is 2.25. The average molecular weight is 262 g/mol. The summed E-state index contributed by atoms with van der Waals surface area (Å²) in [5, 5.41) is 5.67. The lowest BCUT2D eigenvalue weighted by Gasteiger charge is -2.41. The van der Waals surface area contributed by atoms with Crippen LogP contribution < -0.4 is 10.6 Å². The molecule has 1 fully saturated rings. The van der Waals surface area contributed by atoms with E-state index in [9.17, 15) is 9.59 Å². The minimum atomic E-state index is -0.851. The Morgan fingerprint density at radius 3 is 2.95 bits per heavy atom. The van der Waals surface area contributed by atoms with Crippen LogP contribution in [0.2, 0.25) is 0 Å². The quantitative estimate of drug-likeness (QED) is 0.812. The van der Waals surface area contributed by atoms with Gasteiger partial charge < -0.3 is 15.5 Å². The highest BCUT2D eigenvalue weighted by atomic mass is 16.2. The molecular weight excluding hydrogens is 244 g/mol. The van der Waals surface area contributed by atoms with Crippen LogP contribution in [0.3, 0.4) is 0 Å². The molecule has 0 spiro atoms. The molecule has 1 aliphatic heterocycles. The molecule has 6 heteroatoms. The standard InChI is InChI=1S/C13H18N4O2/c1-13(2)12(19)16-7-8-17(13)11(18)9-5-4-6-15-10(9)14-3/h4-6H,7-8H2,1-3H3,(H,14,15)(H,16,19). The van der Waals surface area contributed by atoms with Crippen LogP contribution in [0, 0.1) is 0 Å². The fraction of sp³-hybridized carbons (Fsp3) is 0.462. The number of carbonyl (C=O) groups is 2. The molecule has 0 radical (unpaired) electrons. The predicted molar refractivity (Wildman–Crippen MR) is 71.9 cm³/mol. The highest BCUT2D eigenvalue weighted by Crippen LogP contribution is 2.22. The number of rotatable bonds is 2. The summed E-state index contributed by atoms with van der Waals surface area (Å²) < 4.78 is 0. The topological polar surface area (TPSA) is 74.3 Å². The molecule has 0 aliphatic carbocycles. The first-order valence-corrected chi connectivity index (χ1v) is 6.21. The SMILES string of the molecule is CNc1ncccc1C(=O)N1CCNC(=O)C1(C)C. The number of nitrogens with one attached hydrogen (secondary N) is 2. The van der Waals surface area contributed by atoms with Gasteiger partial charge in [0.25, 0.3) is 5.91 Å². The molecule has 102 valence electrons. The van der Waals surface area contributed by atoms with Gasteiger partial charge in [0.1, 0.15) is 11.4 Å². The van der Waals surface area contributed by atoms with Gasteiger partial charge in [-0.15, -0.1) is 0 Å². The molecule has 1 aromatic heterocycles. The van der Waals surface area contributed by atoms with E-state index in [0.717, 1.165) is 0 Å². The average Bonchev–Trinajstić information content (AvgIpc) is 2.41. The molecule has 0 aromatic carbocycles. The summed E-state index contributed by atoms with van der Waals surface area (Å²) in [6, 6.07) is 3.43. The van der Waals surface area contributed by atoms with Gasteiger partial charge in [0.05, 0.1) is 5.56 Å². The van der Waals surface area contributed by atoms with Crippen molar-refractivity contribution >= 4 is 17.6 Å². The van der Waals surface area contributed by atoms with E-state index in [4.69, 9.17) is 0 Å². The summed E-state index contributed by atoms with van der Waals surface area (Å²) in [6.45, 7) is 4.46. The number of aromatic nitrogens is 1. The molecule has 2 amide bonds. The second kappa shape index (κ2) is 4.87. The van der Waals surface area contributed by atoms with Crippen LogP contribution in [0.5, 0.6) is 0 Å². The Hall–Kier alpha value is -2.11. The van der Waals surface area contributed by atoms with Gasteiger partial charge in [-0.2, -0.15) is 0 Å². The first-order valence-electron chi connectivity index (χ1n) is 6.21. The summed E-state index contributed by atoms with van der Waals surface area (Å²) in [5.41, 5.74) is -0.372. The van der Waals surface area contributed by atoms with Gasteiger partial charge in [-0.25, -0.2) is 4.98 Å². The van der Waals surface area contributed by atoms with Crippen LogP contribution in [0.4, 0.5) is 5.82 Å². The maximum Gasteiger partial charge on any atom is 0.258 e. The fourth-order valence-electron chi connectivity index (χ4n) is 2.18. The number of piperazine rings is 1. The molecule has 1 saturated heterocycles. The molecule has 0 atom stereocenters. The Bertz CT molecular complexity index is 513. The molecule has 2 heterocycles. The molecule has 19 heavy (non-hydrogen) atoms. The number of nitrogens with zero attached hydrogens (tertiary/aromatic N) is 2. The first kappa shape index (κ1) is 13.3.